The van der Waals surface area contributed by atoms with Gasteiger partial charge in [0.15, 0.2) is 0 Å². The molecule has 0 N–H and O–H groups in total. The standard InChI is InChI=1S/C26H50O4/c1-6-7-8-9-10-11-12-13-14-15-16-17-20-29-24(27)18-19-25(28)30-22-23(2)21-26(3,4)5/h23H,6-22H2,1-5H3. The highest BCUT2D eigenvalue weighted by molar-refractivity contribution is 5.77. The van der Waals surface area contributed by atoms with E-state index in [4.69, 9.17) is 9.47 Å². The Kier molecular flexibility index (Phi) is 18.0. The predicted octanol–water partition coefficient (Wildman–Crippen LogP) is 7.63. The summed E-state index contributed by atoms with van der Waals surface area (Å²) in [6, 6.07) is 0. The fraction of sp³-hybridized carbons (Fsp3) is 0.923. The molecule has 0 aliphatic carbocycles. The monoisotopic (exact) mass is 426 g/mol. The summed E-state index contributed by atoms with van der Waals surface area (Å²) in [5.74, 6) is -0.275. The first kappa shape index (κ1) is 28.9. The molecule has 0 aliphatic heterocycles. The zero-order chi connectivity index (χ0) is 22.7. The van der Waals surface area contributed by atoms with E-state index in [1.165, 1.54) is 64.2 Å². The lowest BCUT2D eigenvalue weighted by atomic mass is 9.86. The number of unbranched alkanes of at least 4 members (excludes halogenated alkanes) is 11. The minimum atomic E-state index is -0.307. The summed E-state index contributed by atoms with van der Waals surface area (Å²) in [7, 11) is 0. The summed E-state index contributed by atoms with van der Waals surface area (Å²) < 4.78 is 10.5. The molecule has 1 unspecified atom stereocenters. The van der Waals surface area contributed by atoms with E-state index < -0.39 is 0 Å². The molecule has 0 heterocycles. The third-order valence-electron chi connectivity index (χ3n) is 5.28. The number of carbonyl (C=O) groups is 2. The first-order chi connectivity index (χ1) is 14.2. The van der Waals surface area contributed by atoms with Gasteiger partial charge in [-0.2, -0.15) is 0 Å². The van der Waals surface area contributed by atoms with Gasteiger partial charge in [-0.3, -0.25) is 9.59 Å². The van der Waals surface area contributed by atoms with Crippen LogP contribution in [-0.2, 0) is 19.1 Å². The molecule has 0 aromatic rings. The zero-order valence-corrected chi connectivity index (χ0v) is 20.7. The Bertz CT molecular complexity index is 425. The molecule has 0 saturated heterocycles. The van der Waals surface area contributed by atoms with Crippen LogP contribution in [0, 0.1) is 11.3 Å². The molecule has 0 amide bonds. The van der Waals surface area contributed by atoms with E-state index in [2.05, 4.69) is 34.6 Å². The lowest BCUT2D eigenvalue weighted by Crippen LogP contribution is -2.18. The van der Waals surface area contributed by atoms with Gasteiger partial charge in [-0.1, -0.05) is 105 Å². The third kappa shape index (κ3) is 21.6. The lowest BCUT2D eigenvalue weighted by Gasteiger charge is -2.22. The van der Waals surface area contributed by atoms with Gasteiger partial charge in [0.1, 0.15) is 0 Å². The van der Waals surface area contributed by atoms with Crippen molar-refractivity contribution in [3.8, 4) is 0 Å². The molecule has 1 atom stereocenters. The summed E-state index contributed by atoms with van der Waals surface area (Å²) in [5, 5.41) is 0. The first-order valence-electron chi connectivity index (χ1n) is 12.6. The van der Waals surface area contributed by atoms with Crippen LogP contribution in [-0.4, -0.2) is 25.2 Å². The minimum absolute atomic E-state index is 0.111. The van der Waals surface area contributed by atoms with Gasteiger partial charge in [-0.15, -0.1) is 0 Å². The second-order valence-corrected chi connectivity index (χ2v) is 10.2. The quantitative estimate of drug-likeness (QED) is 0.157. The summed E-state index contributed by atoms with van der Waals surface area (Å²) >= 11 is 0. The molecule has 0 spiro atoms. The van der Waals surface area contributed by atoms with Gasteiger partial charge in [-0.05, 0) is 24.2 Å². The summed E-state index contributed by atoms with van der Waals surface area (Å²) in [6.07, 6.45) is 16.7. The molecule has 0 saturated carbocycles. The molecule has 0 fully saturated rings. The number of carbonyl (C=O) groups excluding carboxylic acids is 2. The Morgan fingerprint density at radius 2 is 1.13 bits per heavy atom. The highest BCUT2D eigenvalue weighted by atomic mass is 16.5. The van der Waals surface area contributed by atoms with Crippen LogP contribution in [0.5, 0.6) is 0 Å². The fourth-order valence-electron chi connectivity index (χ4n) is 3.82. The van der Waals surface area contributed by atoms with E-state index in [9.17, 15) is 9.59 Å². The van der Waals surface area contributed by atoms with Gasteiger partial charge in [0, 0.05) is 0 Å². The van der Waals surface area contributed by atoms with Gasteiger partial charge in [-0.25, -0.2) is 0 Å². The summed E-state index contributed by atoms with van der Waals surface area (Å²) in [6.45, 7) is 11.8. The number of hydrogen-bond acceptors (Lipinski definition) is 4. The SMILES string of the molecule is CCCCCCCCCCCCCCOC(=O)CCC(=O)OCC(C)CC(C)(C)C. The normalized spacial score (nSPS) is 12.6. The maximum Gasteiger partial charge on any atom is 0.306 e. The van der Waals surface area contributed by atoms with Crippen molar-refractivity contribution in [1.29, 1.82) is 0 Å². The van der Waals surface area contributed by atoms with Gasteiger partial charge in [0.05, 0.1) is 26.1 Å². The minimum Gasteiger partial charge on any atom is -0.466 e. The van der Waals surface area contributed by atoms with Gasteiger partial charge < -0.3 is 9.47 Å². The molecule has 0 aromatic heterocycles. The van der Waals surface area contributed by atoms with Crippen LogP contribution < -0.4 is 0 Å². The molecule has 178 valence electrons. The molecule has 4 nitrogen and oxygen atoms in total. The van der Waals surface area contributed by atoms with Gasteiger partial charge in [0.2, 0.25) is 0 Å². The van der Waals surface area contributed by atoms with E-state index in [-0.39, 0.29) is 30.2 Å². The Morgan fingerprint density at radius 1 is 0.700 bits per heavy atom. The Morgan fingerprint density at radius 3 is 1.60 bits per heavy atom. The second kappa shape index (κ2) is 18.7. The van der Waals surface area contributed by atoms with Crippen LogP contribution in [0.2, 0.25) is 0 Å². The van der Waals surface area contributed by atoms with Crippen molar-refractivity contribution in [3.05, 3.63) is 0 Å². The zero-order valence-electron chi connectivity index (χ0n) is 20.7. The lowest BCUT2D eigenvalue weighted by molar-refractivity contribution is -0.151. The summed E-state index contributed by atoms with van der Waals surface area (Å²) in [5.41, 5.74) is 0.226. The van der Waals surface area contributed by atoms with Crippen LogP contribution in [0.1, 0.15) is 131 Å². The largest absolute Gasteiger partial charge is 0.466 e. The van der Waals surface area contributed by atoms with E-state index in [1.54, 1.807) is 0 Å². The maximum absolute atomic E-state index is 11.8. The molecule has 0 radical (unpaired) electrons. The van der Waals surface area contributed by atoms with Crippen molar-refractivity contribution in [2.24, 2.45) is 11.3 Å². The van der Waals surface area contributed by atoms with Crippen molar-refractivity contribution < 1.29 is 19.1 Å². The van der Waals surface area contributed by atoms with Crippen molar-refractivity contribution in [2.45, 2.75) is 131 Å². The highest BCUT2D eigenvalue weighted by Gasteiger charge is 2.17. The van der Waals surface area contributed by atoms with E-state index in [0.29, 0.717) is 19.1 Å². The van der Waals surface area contributed by atoms with Crippen molar-refractivity contribution in [3.63, 3.8) is 0 Å². The van der Waals surface area contributed by atoms with Crippen molar-refractivity contribution in [1.82, 2.24) is 0 Å². The van der Waals surface area contributed by atoms with E-state index in [1.807, 2.05) is 0 Å². The van der Waals surface area contributed by atoms with Crippen LogP contribution in [0.3, 0.4) is 0 Å². The molecular weight excluding hydrogens is 376 g/mol. The average Bonchev–Trinajstić information content (AvgIpc) is 2.67. The Labute approximate surface area is 186 Å². The van der Waals surface area contributed by atoms with Crippen LogP contribution in [0.15, 0.2) is 0 Å². The molecular formula is C26H50O4. The Hall–Kier alpha value is -1.06. The van der Waals surface area contributed by atoms with Crippen LogP contribution >= 0.6 is 0 Å². The van der Waals surface area contributed by atoms with Gasteiger partial charge in [0.25, 0.3) is 0 Å². The molecule has 0 aliphatic rings. The van der Waals surface area contributed by atoms with Crippen molar-refractivity contribution >= 4 is 11.9 Å². The fourth-order valence-corrected chi connectivity index (χ4v) is 3.82. The Balaban J connectivity index is 3.44. The molecule has 4 heteroatoms. The number of rotatable bonds is 19. The molecule has 0 rings (SSSR count). The molecule has 30 heavy (non-hydrogen) atoms. The van der Waals surface area contributed by atoms with Gasteiger partial charge >= 0.3 is 11.9 Å². The van der Waals surface area contributed by atoms with E-state index >= 15 is 0 Å². The average molecular weight is 427 g/mol. The van der Waals surface area contributed by atoms with Crippen LogP contribution in [0.4, 0.5) is 0 Å². The van der Waals surface area contributed by atoms with Crippen LogP contribution in [0.25, 0.3) is 0 Å². The smallest absolute Gasteiger partial charge is 0.306 e. The molecule has 0 aromatic carbocycles. The number of hydrogen-bond donors (Lipinski definition) is 0. The number of ether oxygens (including phenoxy) is 2. The van der Waals surface area contributed by atoms with E-state index in [0.717, 1.165) is 19.3 Å². The van der Waals surface area contributed by atoms with Crippen molar-refractivity contribution in [2.75, 3.05) is 13.2 Å². The topological polar surface area (TPSA) is 52.6 Å². The molecule has 0 bridgehead atoms. The maximum atomic E-state index is 11.8. The summed E-state index contributed by atoms with van der Waals surface area (Å²) in [4.78, 5) is 23.5. The first-order valence-corrected chi connectivity index (χ1v) is 12.6. The third-order valence-corrected chi connectivity index (χ3v) is 5.28. The predicted molar refractivity (Wildman–Crippen MR) is 125 cm³/mol. The second-order valence-electron chi connectivity index (χ2n) is 10.2. The number of esters is 2. The highest BCUT2D eigenvalue weighted by Crippen LogP contribution is 2.24.